The maximum atomic E-state index is 12.6. The van der Waals surface area contributed by atoms with E-state index in [0.717, 1.165) is 27.0 Å². The highest BCUT2D eigenvalue weighted by atomic mass is 32.1. The van der Waals surface area contributed by atoms with Gasteiger partial charge in [0.1, 0.15) is 10.4 Å². The van der Waals surface area contributed by atoms with Crippen molar-refractivity contribution in [3.63, 3.8) is 0 Å². The third-order valence-electron chi connectivity index (χ3n) is 3.68. The summed E-state index contributed by atoms with van der Waals surface area (Å²) in [4.78, 5) is 56.6. The monoisotopic (exact) mass is 420 g/mol. The molecule has 0 radical (unpaired) electrons. The van der Waals surface area contributed by atoms with E-state index in [4.69, 9.17) is 4.74 Å². The number of aromatic nitrogens is 3. The van der Waals surface area contributed by atoms with Gasteiger partial charge in [-0.3, -0.25) is 19.5 Å². The Hall–Kier alpha value is -3.05. The molecular weight excluding hydrogens is 404 g/mol. The van der Waals surface area contributed by atoms with Crippen LogP contribution in [-0.2, 0) is 11.3 Å². The van der Waals surface area contributed by atoms with Crippen molar-refractivity contribution in [1.29, 1.82) is 0 Å². The summed E-state index contributed by atoms with van der Waals surface area (Å²) >= 11 is 2.35. The minimum Gasteiger partial charge on any atom is -0.462 e. The van der Waals surface area contributed by atoms with Crippen LogP contribution in [0.1, 0.15) is 37.5 Å². The molecule has 0 bridgehead atoms. The molecule has 3 heterocycles. The average Bonchev–Trinajstić information content (AvgIpc) is 3.28. The Labute approximate surface area is 166 Å². The fourth-order valence-corrected chi connectivity index (χ4v) is 3.92. The van der Waals surface area contributed by atoms with Crippen molar-refractivity contribution in [3.05, 3.63) is 65.6 Å². The second kappa shape index (κ2) is 8.31. The number of aryl methyl sites for hydroxylation is 1. The van der Waals surface area contributed by atoms with E-state index in [1.807, 2.05) is 11.4 Å². The first-order valence-electron chi connectivity index (χ1n) is 8.21. The van der Waals surface area contributed by atoms with Gasteiger partial charge in [0.05, 0.1) is 18.8 Å². The normalized spacial score (nSPS) is 10.6. The number of carbonyl (C=O) groups is 2. The van der Waals surface area contributed by atoms with E-state index in [-0.39, 0.29) is 28.7 Å². The predicted molar refractivity (Wildman–Crippen MR) is 106 cm³/mol. The van der Waals surface area contributed by atoms with Crippen LogP contribution < -0.4 is 16.6 Å². The smallest absolute Gasteiger partial charge is 0.350 e. The Kier molecular flexibility index (Phi) is 5.85. The number of rotatable bonds is 6. The number of thiophene rings is 1. The van der Waals surface area contributed by atoms with Crippen LogP contribution in [0.25, 0.3) is 0 Å². The summed E-state index contributed by atoms with van der Waals surface area (Å²) in [6.07, 6.45) is 1.07. The van der Waals surface area contributed by atoms with E-state index in [9.17, 15) is 19.2 Å². The van der Waals surface area contributed by atoms with Crippen LogP contribution in [0, 0.1) is 6.92 Å². The van der Waals surface area contributed by atoms with Gasteiger partial charge in [0.2, 0.25) is 0 Å². The Morgan fingerprint density at radius 1 is 1.36 bits per heavy atom. The zero-order valence-electron chi connectivity index (χ0n) is 15.0. The van der Waals surface area contributed by atoms with Crippen LogP contribution in [0.15, 0.2) is 33.3 Å². The quantitative estimate of drug-likeness (QED) is 0.587. The van der Waals surface area contributed by atoms with Crippen molar-refractivity contribution >= 4 is 39.7 Å². The summed E-state index contributed by atoms with van der Waals surface area (Å²) in [6, 6.07) is 3.60. The lowest BCUT2D eigenvalue weighted by molar-refractivity contribution is 0.0531. The van der Waals surface area contributed by atoms with E-state index in [1.165, 1.54) is 11.3 Å². The van der Waals surface area contributed by atoms with Crippen LogP contribution in [0.3, 0.4) is 0 Å². The number of hydrogen-bond donors (Lipinski definition) is 2. The molecule has 0 aliphatic rings. The molecule has 3 aromatic rings. The van der Waals surface area contributed by atoms with Gasteiger partial charge >= 0.3 is 11.7 Å². The number of hydrogen-bond acceptors (Lipinski definition) is 8. The van der Waals surface area contributed by atoms with Crippen LogP contribution in [0.4, 0.5) is 5.13 Å². The molecule has 0 aliphatic carbocycles. The van der Waals surface area contributed by atoms with E-state index < -0.39 is 23.1 Å². The number of amides is 1. The van der Waals surface area contributed by atoms with Gasteiger partial charge in [0.25, 0.3) is 11.5 Å². The van der Waals surface area contributed by atoms with Gasteiger partial charge in [0.15, 0.2) is 5.13 Å². The van der Waals surface area contributed by atoms with Crippen LogP contribution in [-0.4, -0.2) is 33.0 Å². The molecule has 146 valence electrons. The molecule has 28 heavy (non-hydrogen) atoms. The zero-order valence-corrected chi connectivity index (χ0v) is 16.6. The van der Waals surface area contributed by atoms with E-state index in [1.54, 1.807) is 19.9 Å². The number of ether oxygens (including phenoxy) is 1. The molecule has 0 saturated carbocycles. The van der Waals surface area contributed by atoms with Gasteiger partial charge in [-0.25, -0.2) is 14.6 Å². The minimum atomic E-state index is -0.731. The number of aromatic amines is 1. The molecule has 2 N–H and O–H groups in total. The minimum absolute atomic E-state index is 0.0658. The fraction of sp³-hybridized carbons (Fsp3) is 0.235. The number of anilines is 1. The molecule has 3 aromatic heterocycles. The first-order valence-corrected chi connectivity index (χ1v) is 9.91. The summed E-state index contributed by atoms with van der Waals surface area (Å²) in [5.74, 6) is -1.26. The van der Waals surface area contributed by atoms with Gasteiger partial charge in [-0.2, -0.15) is 0 Å². The number of carbonyl (C=O) groups excluding carboxylic acids is 2. The molecule has 0 spiro atoms. The second-order valence-electron chi connectivity index (χ2n) is 5.59. The number of esters is 1. The first-order chi connectivity index (χ1) is 13.4. The van der Waals surface area contributed by atoms with E-state index in [2.05, 4.69) is 15.3 Å². The summed E-state index contributed by atoms with van der Waals surface area (Å²) in [5.41, 5.74) is -1.14. The third kappa shape index (κ3) is 4.10. The number of thiazole rings is 1. The predicted octanol–water partition coefficient (Wildman–Crippen LogP) is 1.84. The number of H-pyrrole nitrogens is 1. The lowest BCUT2D eigenvalue weighted by Gasteiger charge is -2.06. The van der Waals surface area contributed by atoms with Crippen molar-refractivity contribution in [2.75, 3.05) is 11.9 Å². The highest BCUT2D eigenvalue weighted by molar-refractivity contribution is 7.17. The van der Waals surface area contributed by atoms with Gasteiger partial charge in [-0.05, 0) is 25.3 Å². The van der Waals surface area contributed by atoms with Gasteiger partial charge in [0, 0.05) is 11.1 Å². The van der Waals surface area contributed by atoms with Crippen molar-refractivity contribution in [2.24, 2.45) is 0 Å². The van der Waals surface area contributed by atoms with Crippen LogP contribution in [0.5, 0.6) is 0 Å². The molecule has 0 atom stereocenters. The highest BCUT2D eigenvalue weighted by Crippen LogP contribution is 2.23. The summed E-state index contributed by atoms with van der Waals surface area (Å²) in [5, 5.41) is 4.47. The van der Waals surface area contributed by atoms with Gasteiger partial charge < -0.3 is 9.72 Å². The molecule has 0 unspecified atom stereocenters. The van der Waals surface area contributed by atoms with E-state index in [0.29, 0.717) is 5.69 Å². The Bertz CT molecular complexity index is 1130. The Morgan fingerprint density at radius 3 is 2.82 bits per heavy atom. The number of nitrogens with one attached hydrogen (secondary N) is 2. The average molecular weight is 420 g/mol. The van der Waals surface area contributed by atoms with E-state index >= 15 is 0 Å². The number of nitrogens with zero attached hydrogens (tertiary/aromatic N) is 2. The molecule has 1 amide bonds. The maximum absolute atomic E-state index is 12.6. The van der Waals surface area contributed by atoms with Crippen molar-refractivity contribution in [2.45, 2.75) is 20.4 Å². The summed E-state index contributed by atoms with van der Waals surface area (Å²) in [7, 11) is 0. The Morgan fingerprint density at radius 2 is 2.14 bits per heavy atom. The zero-order chi connectivity index (χ0) is 20.3. The molecule has 9 nitrogen and oxygen atoms in total. The van der Waals surface area contributed by atoms with Crippen LogP contribution in [0.2, 0.25) is 0 Å². The standard InChI is InChI=1S/C17H16N4O5S2/c1-3-26-15(24)12-9(2)19-16(28-12)20-13(22)11-7-18-17(25)21(14(11)23)8-10-5-4-6-27-10/h4-7H,3,8H2,1-2H3,(H,18,25)(H,19,20,22). The highest BCUT2D eigenvalue weighted by Gasteiger charge is 2.20. The van der Waals surface area contributed by atoms with Crippen molar-refractivity contribution < 1.29 is 14.3 Å². The van der Waals surface area contributed by atoms with Crippen LogP contribution >= 0.6 is 22.7 Å². The van der Waals surface area contributed by atoms with Gasteiger partial charge in [-0.1, -0.05) is 17.4 Å². The first kappa shape index (κ1) is 19.7. The largest absolute Gasteiger partial charge is 0.462 e. The van der Waals surface area contributed by atoms with Gasteiger partial charge in [-0.15, -0.1) is 11.3 Å². The fourth-order valence-electron chi connectivity index (χ4n) is 2.38. The Balaban J connectivity index is 1.85. The molecule has 0 aliphatic heterocycles. The second-order valence-corrected chi connectivity index (χ2v) is 7.62. The van der Waals surface area contributed by atoms with Crippen molar-refractivity contribution in [3.8, 4) is 0 Å². The molecule has 0 aromatic carbocycles. The SMILES string of the molecule is CCOC(=O)c1sc(NC(=O)c2c[nH]c(=O)n(Cc3cccs3)c2=O)nc1C. The topological polar surface area (TPSA) is 123 Å². The maximum Gasteiger partial charge on any atom is 0.350 e. The molecule has 0 saturated heterocycles. The molecule has 0 fully saturated rings. The lowest BCUT2D eigenvalue weighted by atomic mass is 10.3. The van der Waals surface area contributed by atoms with Crippen molar-refractivity contribution in [1.82, 2.24) is 14.5 Å². The summed E-state index contributed by atoms with van der Waals surface area (Å²) < 4.78 is 5.89. The lowest BCUT2D eigenvalue weighted by Crippen LogP contribution is -2.39. The molecule has 11 heteroatoms. The third-order valence-corrected chi connectivity index (χ3v) is 5.59. The summed E-state index contributed by atoms with van der Waals surface area (Å²) in [6.45, 7) is 3.59. The molecule has 3 rings (SSSR count). The molecular formula is C17H16N4O5S2.